The number of hydrogen-bond acceptors (Lipinski definition) is 3. The zero-order valence-electron chi connectivity index (χ0n) is 14.9. The van der Waals surface area contributed by atoms with Crippen LogP contribution in [0.5, 0.6) is 0 Å². The molecule has 0 spiro atoms. The normalized spacial score (nSPS) is 21.7. The van der Waals surface area contributed by atoms with Gasteiger partial charge in [0, 0.05) is 37.8 Å². The van der Waals surface area contributed by atoms with Crippen molar-refractivity contribution in [3.8, 4) is 0 Å². The van der Waals surface area contributed by atoms with E-state index in [0.717, 1.165) is 30.9 Å². The fourth-order valence-corrected chi connectivity index (χ4v) is 4.41. The second kappa shape index (κ2) is 7.21. The predicted molar refractivity (Wildman–Crippen MR) is 109 cm³/mol. The number of pyridine rings is 1. The van der Waals surface area contributed by atoms with Gasteiger partial charge in [-0.05, 0) is 49.3 Å². The fourth-order valence-electron chi connectivity index (χ4n) is 4.22. The summed E-state index contributed by atoms with van der Waals surface area (Å²) in [5, 5.41) is 6.72. The van der Waals surface area contributed by atoms with Gasteiger partial charge in [-0.15, -0.1) is 0 Å². The van der Waals surface area contributed by atoms with Gasteiger partial charge in [-0.1, -0.05) is 30.3 Å². The average Bonchev–Trinajstić information content (AvgIpc) is 2.63. The first kappa shape index (κ1) is 17.2. The largest absolute Gasteiger partial charge is 0.358 e. The molecular formula is C20H24N4OS. The standard InChI is InChI=1S/C20H24N4OS/c1-23-11-15-9-16(13-23)18-8-7-17(19(25)24(18)12-15)22-20(26)21-10-14-5-3-2-4-6-14/h2-8,15-16H,9-13H2,1H3,(H2,21,22,26)/t15-,16+/m0/s1. The molecule has 2 atom stereocenters. The third kappa shape index (κ3) is 3.52. The third-order valence-electron chi connectivity index (χ3n) is 5.33. The van der Waals surface area contributed by atoms with Crippen LogP contribution in [0.3, 0.4) is 0 Å². The van der Waals surface area contributed by atoms with Crippen molar-refractivity contribution in [2.24, 2.45) is 5.92 Å². The van der Waals surface area contributed by atoms with Gasteiger partial charge in [0.25, 0.3) is 5.56 Å². The molecule has 0 saturated carbocycles. The molecule has 2 aliphatic heterocycles. The number of likely N-dealkylation sites (N-methyl/N-ethyl adjacent to an activating group) is 1. The summed E-state index contributed by atoms with van der Waals surface area (Å²) in [5.41, 5.74) is 2.89. The lowest BCUT2D eigenvalue weighted by Gasteiger charge is -2.41. The van der Waals surface area contributed by atoms with Gasteiger partial charge < -0.3 is 20.1 Å². The van der Waals surface area contributed by atoms with Crippen molar-refractivity contribution in [2.75, 3.05) is 25.5 Å². The topological polar surface area (TPSA) is 49.3 Å². The van der Waals surface area contributed by atoms with E-state index in [0.29, 0.717) is 29.2 Å². The lowest BCUT2D eigenvalue weighted by atomic mass is 9.83. The van der Waals surface area contributed by atoms with E-state index in [-0.39, 0.29) is 5.56 Å². The molecule has 5 nitrogen and oxygen atoms in total. The Balaban J connectivity index is 1.47. The molecule has 1 fully saturated rings. The van der Waals surface area contributed by atoms with Gasteiger partial charge in [0.05, 0.1) is 0 Å². The van der Waals surface area contributed by atoms with E-state index in [1.807, 2.05) is 41.0 Å². The van der Waals surface area contributed by atoms with Crippen LogP contribution >= 0.6 is 12.2 Å². The number of likely N-dealkylation sites (tertiary alicyclic amines) is 1. The summed E-state index contributed by atoms with van der Waals surface area (Å²) < 4.78 is 1.95. The maximum atomic E-state index is 12.9. The molecule has 4 rings (SSSR count). The van der Waals surface area contributed by atoms with Gasteiger partial charge in [0.1, 0.15) is 5.69 Å². The minimum absolute atomic E-state index is 0.0330. The lowest BCUT2D eigenvalue weighted by Crippen LogP contribution is -2.46. The molecule has 1 aromatic heterocycles. The molecular weight excluding hydrogens is 344 g/mol. The monoisotopic (exact) mass is 368 g/mol. The molecule has 2 N–H and O–H groups in total. The van der Waals surface area contributed by atoms with Gasteiger partial charge in [-0.2, -0.15) is 0 Å². The predicted octanol–water partition coefficient (Wildman–Crippen LogP) is 2.38. The summed E-state index contributed by atoms with van der Waals surface area (Å²) >= 11 is 5.37. The van der Waals surface area contributed by atoms with Crippen molar-refractivity contribution in [3.05, 3.63) is 64.1 Å². The molecule has 136 valence electrons. The molecule has 6 heteroatoms. The average molecular weight is 369 g/mol. The molecule has 2 aromatic rings. The second-order valence-corrected chi connectivity index (χ2v) is 7.81. The number of aromatic nitrogens is 1. The highest BCUT2D eigenvalue weighted by molar-refractivity contribution is 7.80. The number of nitrogens with zero attached hydrogens (tertiary/aromatic N) is 2. The van der Waals surface area contributed by atoms with Crippen LogP contribution < -0.4 is 16.2 Å². The van der Waals surface area contributed by atoms with Crippen LogP contribution in [-0.2, 0) is 13.1 Å². The molecule has 2 aliphatic rings. The molecule has 0 radical (unpaired) electrons. The molecule has 0 aliphatic carbocycles. The van der Waals surface area contributed by atoms with E-state index in [4.69, 9.17) is 12.2 Å². The smallest absolute Gasteiger partial charge is 0.274 e. The first-order valence-corrected chi connectivity index (χ1v) is 9.52. The minimum Gasteiger partial charge on any atom is -0.358 e. The number of piperidine rings is 1. The Morgan fingerprint density at radius 1 is 1.15 bits per heavy atom. The van der Waals surface area contributed by atoms with E-state index in [9.17, 15) is 4.79 Å². The van der Waals surface area contributed by atoms with Gasteiger partial charge in [0.15, 0.2) is 5.11 Å². The quantitative estimate of drug-likeness (QED) is 0.815. The summed E-state index contributed by atoms with van der Waals surface area (Å²) in [4.78, 5) is 15.3. The summed E-state index contributed by atoms with van der Waals surface area (Å²) in [6.07, 6.45) is 1.19. The zero-order chi connectivity index (χ0) is 18.1. The third-order valence-corrected chi connectivity index (χ3v) is 5.58. The summed E-state index contributed by atoms with van der Waals surface area (Å²) in [6.45, 7) is 3.53. The molecule has 1 saturated heterocycles. The Morgan fingerprint density at radius 2 is 1.96 bits per heavy atom. The Bertz CT molecular complexity index is 864. The zero-order valence-corrected chi connectivity index (χ0v) is 15.8. The van der Waals surface area contributed by atoms with Crippen molar-refractivity contribution in [3.63, 3.8) is 0 Å². The van der Waals surface area contributed by atoms with E-state index in [1.165, 1.54) is 6.42 Å². The van der Waals surface area contributed by atoms with Crippen LogP contribution in [0.25, 0.3) is 0 Å². The van der Waals surface area contributed by atoms with Crippen molar-refractivity contribution in [1.82, 2.24) is 14.8 Å². The molecule has 1 aromatic carbocycles. The van der Waals surface area contributed by atoms with Gasteiger partial charge in [0.2, 0.25) is 0 Å². The SMILES string of the molecule is CN1C[C@@H]2C[C@H](C1)c1ccc(NC(=S)NCc3ccccc3)c(=O)n1C2. The van der Waals surface area contributed by atoms with E-state index >= 15 is 0 Å². The Hall–Kier alpha value is -2.18. The highest BCUT2D eigenvalue weighted by atomic mass is 32.1. The molecule has 0 unspecified atom stereocenters. The van der Waals surface area contributed by atoms with E-state index in [2.05, 4.69) is 28.6 Å². The summed E-state index contributed by atoms with van der Waals surface area (Å²) in [5.74, 6) is 1.01. The van der Waals surface area contributed by atoms with Crippen LogP contribution in [0.2, 0.25) is 0 Å². The van der Waals surface area contributed by atoms with Crippen molar-refractivity contribution in [1.29, 1.82) is 0 Å². The van der Waals surface area contributed by atoms with Crippen LogP contribution in [0.4, 0.5) is 5.69 Å². The van der Waals surface area contributed by atoms with Gasteiger partial charge in [-0.25, -0.2) is 0 Å². The van der Waals surface area contributed by atoms with Crippen LogP contribution in [0, 0.1) is 5.92 Å². The Kier molecular flexibility index (Phi) is 4.78. The molecule has 3 heterocycles. The highest BCUT2D eigenvalue weighted by Gasteiger charge is 2.33. The maximum absolute atomic E-state index is 12.9. The van der Waals surface area contributed by atoms with Crippen LogP contribution in [0.1, 0.15) is 23.6 Å². The van der Waals surface area contributed by atoms with Crippen molar-refractivity contribution >= 4 is 23.0 Å². The summed E-state index contributed by atoms with van der Waals surface area (Å²) in [7, 11) is 2.17. The first-order chi connectivity index (χ1) is 12.6. The number of thiocarbonyl (C=S) groups is 1. The number of anilines is 1. The molecule has 0 amide bonds. The van der Waals surface area contributed by atoms with E-state index in [1.54, 1.807) is 0 Å². The maximum Gasteiger partial charge on any atom is 0.274 e. The molecule has 2 bridgehead atoms. The minimum atomic E-state index is 0.0330. The summed E-state index contributed by atoms with van der Waals surface area (Å²) in [6, 6.07) is 14.0. The van der Waals surface area contributed by atoms with Gasteiger partial charge >= 0.3 is 0 Å². The van der Waals surface area contributed by atoms with E-state index < -0.39 is 0 Å². The van der Waals surface area contributed by atoms with Crippen molar-refractivity contribution in [2.45, 2.75) is 25.4 Å². The van der Waals surface area contributed by atoms with Gasteiger partial charge in [-0.3, -0.25) is 4.79 Å². The Labute approximate surface area is 159 Å². The number of benzene rings is 1. The second-order valence-electron chi connectivity index (χ2n) is 7.40. The van der Waals surface area contributed by atoms with Crippen LogP contribution in [0.15, 0.2) is 47.3 Å². The number of fused-ring (bicyclic) bond motifs is 4. The first-order valence-electron chi connectivity index (χ1n) is 9.11. The number of nitrogens with one attached hydrogen (secondary N) is 2. The van der Waals surface area contributed by atoms with Crippen molar-refractivity contribution < 1.29 is 0 Å². The van der Waals surface area contributed by atoms with Crippen LogP contribution in [-0.4, -0.2) is 34.7 Å². The number of hydrogen-bond donors (Lipinski definition) is 2. The number of rotatable bonds is 3. The molecule has 26 heavy (non-hydrogen) atoms. The fraction of sp³-hybridized carbons (Fsp3) is 0.400. The lowest BCUT2D eigenvalue weighted by molar-refractivity contribution is 0.145. The Morgan fingerprint density at radius 3 is 2.77 bits per heavy atom. The highest BCUT2D eigenvalue weighted by Crippen LogP contribution is 2.34.